The van der Waals surface area contributed by atoms with Gasteiger partial charge >= 0.3 is 0 Å². The van der Waals surface area contributed by atoms with E-state index in [4.69, 9.17) is 9.47 Å². The molecule has 0 aliphatic carbocycles. The highest BCUT2D eigenvalue weighted by Gasteiger charge is 2.35. The first-order valence-electron chi connectivity index (χ1n) is 5.69. The van der Waals surface area contributed by atoms with E-state index in [0.29, 0.717) is 6.61 Å². The number of nitrogens with one attached hydrogen (secondary N) is 1. The van der Waals surface area contributed by atoms with E-state index in [1.54, 1.807) is 14.2 Å². The van der Waals surface area contributed by atoms with Crippen molar-refractivity contribution in [2.24, 2.45) is 0 Å². The summed E-state index contributed by atoms with van der Waals surface area (Å²) in [5.74, 6) is 0.904. The van der Waals surface area contributed by atoms with Gasteiger partial charge in [0.2, 0.25) is 0 Å². The maximum atomic E-state index is 5.35. The van der Waals surface area contributed by atoms with Gasteiger partial charge in [0.25, 0.3) is 0 Å². The molecule has 16 heavy (non-hydrogen) atoms. The summed E-state index contributed by atoms with van der Waals surface area (Å²) in [7, 11) is 3.45. The first kappa shape index (κ1) is 11.4. The Labute approximate surface area is 96.8 Å². The molecule has 0 aromatic heterocycles. The molecule has 1 heterocycles. The van der Waals surface area contributed by atoms with Gasteiger partial charge in [-0.25, -0.2) is 0 Å². The van der Waals surface area contributed by atoms with Crippen molar-refractivity contribution in [2.45, 2.75) is 18.4 Å². The number of methoxy groups -OCH3 is 2. The number of benzene rings is 1. The lowest BCUT2D eigenvalue weighted by Crippen LogP contribution is -2.41. The van der Waals surface area contributed by atoms with Crippen LogP contribution in [-0.2, 0) is 10.3 Å². The lowest BCUT2D eigenvalue weighted by atomic mass is 9.89. The highest BCUT2D eigenvalue weighted by molar-refractivity contribution is 5.34. The lowest BCUT2D eigenvalue weighted by Gasteiger charge is -2.29. The largest absolute Gasteiger partial charge is 0.497 e. The molecule has 1 atom stereocenters. The SMILES string of the molecule is COCC1(c2cccc(OC)c2)CCCN1. The minimum Gasteiger partial charge on any atom is -0.497 e. The summed E-state index contributed by atoms with van der Waals surface area (Å²) in [6.07, 6.45) is 2.31. The van der Waals surface area contributed by atoms with Crippen molar-refractivity contribution in [3.63, 3.8) is 0 Å². The summed E-state index contributed by atoms with van der Waals surface area (Å²) in [5.41, 5.74) is 1.23. The molecule has 0 saturated carbocycles. The Bertz CT molecular complexity index is 346. The molecule has 1 aromatic rings. The molecule has 1 aliphatic rings. The Balaban J connectivity index is 2.30. The van der Waals surface area contributed by atoms with Gasteiger partial charge < -0.3 is 14.8 Å². The molecule has 0 amide bonds. The molecule has 3 nitrogen and oxygen atoms in total. The van der Waals surface area contributed by atoms with Crippen LogP contribution >= 0.6 is 0 Å². The second kappa shape index (κ2) is 4.85. The van der Waals surface area contributed by atoms with Crippen molar-refractivity contribution in [3.8, 4) is 5.75 Å². The van der Waals surface area contributed by atoms with Crippen molar-refractivity contribution in [1.82, 2.24) is 5.32 Å². The van der Waals surface area contributed by atoms with Crippen LogP contribution in [-0.4, -0.2) is 27.4 Å². The predicted octanol–water partition coefficient (Wildman–Crippen LogP) is 1.92. The van der Waals surface area contributed by atoms with E-state index in [1.165, 1.54) is 12.0 Å². The van der Waals surface area contributed by atoms with Gasteiger partial charge in [-0.3, -0.25) is 0 Å². The summed E-state index contributed by atoms with van der Waals surface area (Å²) in [6.45, 7) is 1.76. The summed E-state index contributed by atoms with van der Waals surface area (Å²) >= 11 is 0. The van der Waals surface area contributed by atoms with E-state index in [2.05, 4.69) is 17.4 Å². The average Bonchev–Trinajstić information content (AvgIpc) is 2.80. The molecule has 0 spiro atoms. The number of hydrogen-bond acceptors (Lipinski definition) is 3. The van der Waals surface area contributed by atoms with Gasteiger partial charge in [-0.2, -0.15) is 0 Å². The third kappa shape index (κ3) is 2.06. The zero-order chi connectivity index (χ0) is 11.4. The van der Waals surface area contributed by atoms with Crippen molar-refractivity contribution in [1.29, 1.82) is 0 Å². The average molecular weight is 221 g/mol. The third-order valence-electron chi connectivity index (χ3n) is 3.26. The monoisotopic (exact) mass is 221 g/mol. The topological polar surface area (TPSA) is 30.5 Å². The molecule has 2 rings (SSSR count). The van der Waals surface area contributed by atoms with Gasteiger partial charge in [-0.05, 0) is 37.1 Å². The highest BCUT2D eigenvalue weighted by atomic mass is 16.5. The molecule has 1 aromatic carbocycles. The van der Waals surface area contributed by atoms with Crippen LogP contribution < -0.4 is 10.1 Å². The molecule has 0 radical (unpaired) electrons. The Kier molecular flexibility index (Phi) is 3.46. The lowest BCUT2D eigenvalue weighted by molar-refractivity contribution is 0.119. The van der Waals surface area contributed by atoms with Gasteiger partial charge in [-0.15, -0.1) is 0 Å². The zero-order valence-corrected chi connectivity index (χ0v) is 9.95. The van der Waals surface area contributed by atoms with Crippen LogP contribution in [0.3, 0.4) is 0 Å². The highest BCUT2D eigenvalue weighted by Crippen LogP contribution is 2.32. The molecule has 1 N–H and O–H groups in total. The second-order valence-electron chi connectivity index (χ2n) is 4.28. The summed E-state index contributed by atoms with van der Waals surface area (Å²) in [6, 6.07) is 8.24. The van der Waals surface area contributed by atoms with Gasteiger partial charge in [0.15, 0.2) is 0 Å². The van der Waals surface area contributed by atoms with E-state index in [-0.39, 0.29) is 5.54 Å². The quantitative estimate of drug-likeness (QED) is 0.842. The van der Waals surface area contributed by atoms with Crippen molar-refractivity contribution >= 4 is 0 Å². The van der Waals surface area contributed by atoms with Crippen molar-refractivity contribution < 1.29 is 9.47 Å². The van der Waals surface area contributed by atoms with Crippen LogP contribution in [0.5, 0.6) is 5.75 Å². The molecule has 3 heteroatoms. The van der Waals surface area contributed by atoms with Crippen molar-refractivity contribution in [3.05, 3.63) is 29.8 Å². The van der Waals surface area contributed by atoms with Gasteiger partial charge in [-0.1, -0.05) is 12.1 Å². The molecular formula is C13H19NO2. The first-order chi connectivity index (χ1) is 7.80. The van der Waals surface area contributed by atoms with E-state index >= 15 is 0 Å². The summed E-state index contributed by atoms with van der Waals surface area (Å²) in [5, 5.41) is 3.56. The van der Waals surface area contributed by atoms with Crippen LogP contribution in [0.1, 0.15) is 18.4 Å². The fourth-order valence-electron chi connectivity index (χ4n) is 2.43. The van der Waals surface area contributed by atoms with Gasteiger partial charge in [0.05, 0.1) is 19.3 Å². The van der Waals surface area contributed by atoms with E-state index in [0.717, 1.165) is 18.7 Å². The molecule has 0 bridgehead atoms. The van der Waals surface area contributed by atoms with E-state index in [1.807, 2.05) is 12.1 Å². The zero-order valence-electron chi connectivity index (χ0n) is 9.95. The van der Waals surface area contributed by atoms with Gasteiger partial charge in [0, 0.05) is 7.11 Å². The molecule has 1 saturated heterocycles. The number of rotatable bonds is 4. The first-order valence-corrected chi connectivity index (χ1v) is 5.69. The molecule has 1 aliphatic heterocycles. The summed E-state index contributed by atoms with van der Waals surface area (Å²) in [4.78, 5) is 0. The number of hydrogen-bond donors (Lipinski definition) is 1. The smallest absolute Gasteiger partial charge is 0.119 e. The minimum absolute atomic E-state index is 0.0245. The minimum atomic E-state index is -0.0245. The normalized spacial score (nSPS) is 24.6. The van der Waals surface area contributed by atoms with Gasteiger partial charge in [0.1, 0.15) is 5.75 Å². The Morgan fingerprint density at radius 1 is 1.38 bits per heavy atom. The molecule has 88 valence electrons. The third-order valence-corrected chi connectivity index (χ3v) is 3.26. The predicted molar refractivity (Wildman–Crippen MR) is 63.8 cm³/mol. The molecule has 1 unspecified atom stereocenters. The standard InChI is InChI=1S/C13H19NO2/c1-15-10-13(7-4-8-14-13)11-5-3-6-12(9-11)16-2/h3,5-6,9,14H,4,7-8,10H2,1-2H3. The van der Waals surface area contributed by atoms with Crippen LogP contribution in [0, 0.1) is 0 Å². The van der Waals surface area contributed by atoms with Crippen LogP contribution in [0.15, 0.2) is 24.3 Å². The molecular weight excluding hydrogens is 202 g/mol. The van der Waals surface area contributed by atoms with Crippen LogP contribution in [0.4, 0.5) is 0 Å². The Morgan fingerprint density at radius 3 is 2.88 bits per heavy atom. The second-order valence-corrected chi connectivity index (χ2v) is 4.28. The molecule has 1 fully saturated rings. The van der Waals surface area contributed by atoms with E-state index in [9.17, 15) is 0 Å². The summed E-state index contributed by atoms with van der Waals surface area (Å²) < 4.78 is 10.6. The maximum Gasteiger partial charge on any atom is 0.119 e. The van der Waals surface area contributed by atoms with E-state index < -0.39 is 0 Å². The fourth-order valence-corrected chi connectivity index (χ4v) is 2.43. The number of ether oxygens (including phenoxy) is 2. The fraction of sp³-hybridized carbons (Fsp3) is 0.538. The van der Waals surface area contributed by atoms with Crippen LogP contribution in [0.2, 0.25) is 0 Å². The van der Waals surface area contributed by atoms with Crippen LogP contribution in [0.25, 0.3) is 0 Å². The Morgan fingerprint density at radius 2 is 2.25 bits per heavy atom. The van der Waals surface area contributed by atoms with Crippen molar-refractivity contribution in [2.75, 3.05) is 27.4 Å². The maximum absolute atomic E-state index is 5.35. The Hall–Kier alpha value is -1.06.